The van der Waals surface area contributed by atoms with E-state index in [1.54, 1.807) is 0 Å². The average Bonchev–Trinajstić information content (AvgIpc) is 1.86. The molecule has 0 aliphatic carbocycles. The number of ether oxygens (including phenoxy) is 1. The number of rotatable bonds is 5. The fraction of sp³-hybridized carbons (Fsp3) is 0.875. The normalized spacial score (nSPS) is 10.2. The first-order valence-electron chi connectivity index (χ1n) is 3.97. The molecule has 66 valence electrons. The zero-order valence-corrected chi connectivity index (χ0v) is 11.1. The van der Waals surface area contributed by atoms with Gasteiger partial charge >= 0.3 is 77.0 Å². The number of esters is 1. The predicted molar refractivity (Wildman–Crippen MR) is 48.2 cm³/mol. The predicted octanol–water partition coefficient (Wildman–Crippen LogP) is 2.08. The monoisotopic (exact) mass is 354 g/mol. The fourth-order valence-electron chi connectivity index (χ4n) is 0.634. The van der Waals surface area contributed by atoms with Crippen molar-refractivity contribution in [2.75, 3.05) is 6.61 Å². The van der Waals surface area contributed by atoms with Crippen LogP contribution in [0.3, 0.4) is 0 Å². The molecule has 0 N–H and O–H groups in total. The number of hydrogen-bond donors (Lipinski definition) is 0. The van der Waals surface area contributed by atoms with Crippen LogP contribution in [0.5, 0.6) is 0 Å². The molecule has 0 spiro atoms. The summed E-state index contributed by atoms with van der Waals surface area (Å²) >= 11 is -1.30. The molecule has 2 nitrogen and oxygen atoms in total. The van der Waals surface area contributed by atoms with Gasteiger partial charge in [0.05, 0.1) is 0 Å². The van der Waals surface area contributed by atoms with E-state index in [1.807, 2.05) is 0 Å². The van der Waals surface area contributed by atoms with E-state index in [1.165, 1.54) is 0 Å². The number of hydrogen-bond acceptors (Lipinski definition) is 2. The first-order chi connectivity index (χ1) is 5.16. The molecule has 0 aromatic heterocycles. The molecule has 0 aromatic rings. The molecule has 0 bridgehead atoms. The Balaban J connectivity index is 3.23. The summed E-state index contributed by atoms with van der Waals surface area (Å²) < 4.78 is 10.2. The van der Waals surface area contributed by atoms with Crippen molar-refractivity contribution in [3.63, 3.8) is 0 Å². The molecule has 0 heterocycles. The zero-order chi connectivity index (χ0) is 8.69. The van der Waals surface area contributed by atoms with E-state index in [0.717, 1.165) is 17.0 Å². The van der Waals surface area contributed by atoms with Gasteiger partial charge in [0.15, 0.2) is 0 Å². The Kier molecular flexibility index (Phi) is 7.25. The second-order valence-electron chi connectivity index (χ2n) is 2.81. The van der Waals surface area contributed by atoms with E-state index in [2.05, 4.69) is 16.2 Å². The van der Waals surface area contributed by atoms with Crippen molar-refractivity contribution in [1.82, 2.24) is 0 Å². The summed E-state index contributed by atoms with van der Waals surface area (Å²) in [7, 11) is 0. The molecule has 0 fully saturated rings. The number of carbonyl (C=O) groups is 1. The third-order valence-corrected chi connectivity index (χ3v) is 4.67. The minimum atomic E-state index is -1.30. The Morgan fingerprint density at radius 3 is 2.55 bits per heavy atom. The van der Waals surface area contributed by atoms with Crippen LogP contribution in [0.2, 0.25) is 13.4 Å². The molecule has 0 amide bonds. The first kappa shape index (κ1) is 11.4. The topological polar surface area (TPSA) is 26.3 Å². The maximum absolute atomic E-state index is 11.0. The van der Waals surface area contributed by atoms with Crippen LogP contribution in [0.1, 0.15) is 19.8 Å². The minimum absolute atomic E-state index is 0.0289. The van der Waals surface area contributed by atoms with Crippen LogP contribution in [0, 0.1) is 0 Å². The summed E-state index contributed by atoms with van der Waals surface area (Å²) in [6.45, 7) is 2.71. The van der Waals surface area contributed by atoms with Crippen molar-refractivity contribution in [3.05, 3.63) is 0 Å². The van der Waals surface area contributed by atoms with Crippen molar-refractivity contribution >= 4 is 27.7 Å². The van der Waals surface area contributed by atoms with Crippen molar-refractivity contribution in [2.24, 2.45) is 0 Å². The van der Waals surface area contributed by atoms with E-state index in [0.29, 0.717) is 6.61 Å². The second-order valence-corrected chi connectivity index (χ2v) is 12.4. The maximum atomic E-state index is 11.0. The summed E-state index contributed by atoms with van der Waals surface area (Å²) in [5.74, 6) is 0.0289. The van der Waals surface area contributed by atoms with Crippen LogP contribution in [-0.2, 0) is 9.53 Å². The SMILES string of the molecule is CCCCOC(=O)[CH2][Bi]([CH3])[CH3]. The fourth-order valence-corrected chi connectivity index (χ4v) is 3.00. The molecule has 0 aliphatic rings. The Morgan fingerprint density at radius 1 is 1.45 bits per heavy atom. The van der Waals surface area contributed by atoms with Crippen molar-refractivity contribution in [1.29, 1.82) is 0 Å². The van der Waals surface area contributed by atoms with Gasteiger partial charge in [0.25, 0.3) is 0 Å². The van der Waals surface area contributed by atoms with Gasteiger partial charge in [-0.05, 0) is 0 Å². The van der Waals surface area contributed by atoms with Gasteiger partial charge in [0.1, 0.15) is 0 Å². The van der Waals surface area contributed by atoms with Crippen molar-refractivity contribution in [2.45, 2.75) is 33.2 Å². The van der Waals surface area contributed by atoms with E-state index in [-0.39, 0.29) is 5.97 Å². The number of unbranched alkanes of at least 4 members (excludes halogenated alkanes) is 1. The molecule has 0 aromatic carbocycles. The van der Waals surface area contributed by atoms with Gasteiger partial charge < -0.3 is 0 Å². The van der Waals surface area contributed by atoms with E-state index in [4.69, 9.17) is 4.74 Å². The van der Waals surface area contributed by atoms with E-state index >= 15 is 0 Å². The molecule has 3 heteroatoms. The second kappa shape index (κ2) is 7.03. The van der Waals surface area contributed by atoms with Crippen LogP contribution < -0.4 is 0 Å². The van der Waals surface area contributed by atoms with Gasteiger partial charge in [-0.1, -0.05) is 0 Å². The summed E-state index contributed by atoms with van der Waals surface area (Å²) in [5.41, 5.74) is 0. The average molecular weight is 354 g/mol. The Bertz CT molecular complexity index is 113. The summed E-state index contributed by atoms with van der Waals surface area (Å²) in [6.07, 6.45) is 2.09. The van der Waals surface area contributed by atoms with Crippen LogP contribution >= 0.6 is 0 Å². The van der Waals surface area contributed by atoms with E-state index in [9.17, 15) is 4.79 Å². The molecular formula is C8H17BiO2. The van der Waals surface area contributed by atoms with Gasteiger partial charge in [-0.3, -0.25) is 0 Å². The summed E-state index contributed by atoms with van der Waals surface area (Å²) in [5, 5.41) is 0. The van der Waals surface area contributed by atoms with Crippen LogP contribution in [-0.4, -0.2) is 34.3 Å². The van der Waals surface area contributed by atoms with Gasteiger partial charge in [0, 0.05) is 0 Å². The third-order valence-electron chi connectivity index (χ3n) is 1.21. The first-order valence-corrected chi connectivity index (χ1v) is 13.4. The Morgan fingerprint density at radius 2 is 2.09 bits per heavy atom. The third kappa shape index (κ3) is 8.26. The van der Waals surface area contributed by atoms with Crippen LogP contribution in [0.25, 0.3) is 0 Å². The molecular weight excluding hydrogens is 337 g/mol. The van der Waals surface area contributed by atoms with Crippen LogP contribution in [0.15, 0.2) is 0 Å². The van der Waals surface area contributed by atoms with E-state index < -0.39 is 21.8 Å². The molecule has 0 saturated carbocycles. The molecule has 0 saturated heterocycles. The quantitative estimate of drug-likeness (QED) is 0.429. The van der Waals surface area contributed by atoms with Gasteiger partial charge in [-0.2, -0.15) is 0 Å². The Labute approximate surface area is 77.0 Å². The summed E-state index contributed by atoms with van der Waals surface area (Å²) in [4.78, 5) is 11.0. The van der Waals surface area contributed by atoms with Gasteiger partial charge in [-0.25, -0.2) is 0 Å². The molecule has 11 heavy (non-hydrogen) atoms. The molecule has 0 unspecified atom stereocenters. The summed E-state index contributed by atoms with van der Waals surface area (Å²) in [6, 6.07) is 0. The number of carbonyl (C=O) groups excluding carboxylic acids is 1. The zero-order valence-electron chi connectivity index (χ0n) is 7.59. The van der Waals surface area contributed by atoms with Crippen molar-refractivity contribution in [3.8, 4) is 0 Å². The molecule has 0 radical (unpaired) electrons. The van der Waals surface area contributed by atoms with Crippen molar-refractivity contribution < 1.29 is 9.53 Å². The Hall–Kier alpha value is 0.353. The molecule has 0 rings (SSSR count). The van der Waals surface area contributed by atoms with Crippen LogP contribution in [0.4, 0.5) is 0 Å². The molecule has 0 atom stereocenters. The standard InChI is InChI=1S/C6H11O2.2CH3.Bi/c1-3-4-5-8-6(2)7;;;/h2-5H2,1H3;2*1H3;. The molecule has 0 aliphatic heterocycles. The van der Waals surface area contributed by atoms with Gasteiger partial charge in [-0.15, -0.1) is 0 Å². The van der Waals surface area contributed by atoms with Gasteiger partial charge in [0.2, 0.25) is 0 Å².